The average Bonchev–Trinajstić information content (AvgIpc) is 2.24. The zero-order valence-electron chi connectivity index (χ0n) is 9.12. The van der Waals surface area contributed by atoms with Gasteiger partial charge in [0.25, 0.3) is 0 Å². The minimum absolute atomic E-state index is 0.0686. The van der Waals surface area contributed by atoms with Crippen molar-refractivity contribution in [2.75, 3.05) is 6.54 Å². The van der Waals surface area contributed by atoms with Crippen LogP contribution >= 0.6 is 0 Å². The first kappa shape index (κ1) is 13.5. The van der Waals surface area contributed by atoms with Crippen LogP contribution in [0.4, 0.5) is 13.2 Å². The van der Waals surface area contributed by atoms with E-state index in [9.17, 15) is 18.0 Å². The number of halogens is 3. The summed E-state index contributed by atoms with van der Waals surface area (Å²) in [7, 11) is 0. The van der Waals surface area contributed by atoms with E-state index in [2.05, 4.69) is 0 Å². The summed E-state index contributed by atoms with van der Waals surface area (Å²) in [5, 5.41) is 0. The van der Waals surface area contributed by atoms with Crippen molar-refractivity contribution < 1.29 is 22.7 Å². The second-order valence-corrected chi connectivity index (χ2v) is 3.46. The Morgan fingerprint density at radius 2 is 2.12 bits per heavy atom. The molecule has 2 N–H and O–H groups in total. The maximum atomic E-state index is 12.5. The van der Waals surface area contributed by atoms with Crippen LogP contribution in [-0.2, 0) is 15.7 Å². The van der Waals surface area contributed by atoms with Gasteiger partial charge in [0.2, 0.25) is 0 Å². The summed E-state index contributed by atoms with van der Waals surface area (Å²) >= 11 is 0. The summed E-state index contributed by atoms with van der Waals surface area (Å²) in [4.78, 5) is 10.8. The van der Waals surface area contributed by atoms with E-state index in [1.165, 1.54) is 19.1 Å². The number of hydrogen-bond acceptors (Lipinski definition) is 3. The Kier molecular flexibility index (Phi) is 4.11. The quantitative estimate of drug-likeness (QED) is 0.833. The highest BCUT2D eigenvalue weighted by molar-refractivity contribution is 5.66. The van der Waals surface area contributed by atoms with Gasteiger partial charge in [0.1, 0.15) is 6.10 Å². The van der Waals surface area contributed by atoms with Gasteiger partial charge in [-0.05, 0) is 17.7 Å². The smallest absolute Gasteiger partial charge is 0.416 e. The van der Waals surface area contributed by atoms with Gasteiger partial charge in [-0.15, -0.1) is 0 Å². The Labute approximate surface area is 96.4 Å². The molecule has 1 unspecified atom stereocenters. The van der Waals surface area contributed by atoms with Crippen LogP contribution in [0.1, 0.15) is 24.2 Å². The van der Waals surface area contributed by atoms with Crippen LogP contribution in [0.3, 0.4) is 0 Å². The summed E-state index contributed by atoms with van der Waals surface area (Å²) in [5.74, 6) is -0.585. The lowest BCUT2D eigenvalue weighted by atomic mass is 10.1. The molecule has 0 aliphatic heterocycles. The number of nitrogens with two attached hydrogens (primary N) is 1. The fourth-order valence-corrected chi connectivity index (χ4v) is 1.37. The molecule has 0 saturated carbocycles. The molecular formula is C11H12F3NO2. The fraction of sp³-hybridized carbons (Fsp3) is 0.364. The van der Waals surface area contributed by atoms with E-state index in [1.807, 2.05) is 0 Å². The maximum absolute atomic E-state index is 12.5. The van der Waals surface area contributed by atoms with E-state index in [-0.39, 0.29) is 12.1 Å². The highest BCUT2D eigenvalue weighted by atomic mass is 19.4. The Hall–Kier alpha value is -1.56. The van der Waals surface area contributed by atoms with Gasteiger partial charge < -0.3 is 10.5 Å². The van der Waals surface area contributed by atoms with Crippen molar-refractivity contribution in [1.29, 1.82) is 0 Å². The van der Waals surface area contributed by atoms with Crippen molar-refractivity contribution in [1.82, 2.24) is 0 Å². The van der Waals surface area contributed by atoms with E-state index in [0.29, 0.717) is 0 Å². The van der Waals surface area contributed by atoms with Gasteiger partial charge in [0.05, 0.1) is 5.56 Å². The van der Waals surface area contributed by atoms with Crippen molar-refractivity contribution in [2.45, 2.75) is 19.2 Å². The molecule has 1 aromatic rings. The molecule has 0 bridgehead atoms. The Morgan fingerprint density at radius 1 is 1.47 bits per heavy atom. The van der Waals surface area contributed by atoms with Gasteiger partial charge in [0, 0.05) is 13.5 Å². The van der Waals surface area contributed by atoms with Crippen LogP contribution in [0.25, 0.3) is 0 Å². The third-order valence-corrected chi connectivity index (χ3v) is 2.11. The summed E-state index contributed by atoms with van der Waals surface area (Å²) in [5.41, 5.74) is 4.80. The molecule has 0 aliphatic carbocycles. The predicted molar refractivity (Wildman–Crippen MR) is 55.0 cm³/mol. The van der Waals surface area contributed by atoms with Gasteiger partial charge >= 0.3 is 12.1 Å². The largest absolute Gasteiger partial charge is 0.456 e. The van der Waals surface area contributed by atoms with E-state index < -0.39 is 23.8 Å². The van der Waals surface area contributed by atoms with E-state index >= 15 is 0 Å². The first-order valence-electron chi connectivity index (χ1n) is 4.89. The Morgan fingerprint density at radius 3 is 2.59 bits per heavy atom. The SMILES string of the molecule is CC(=O)OC(CN)c1cccc(C(F)(F)F)c1. The summed E-state index contributed by atoms with van der Waals surface area (Å²) < 4.78 is 42.2. The summed E-state index contributed by atoms with van der Waals surface area (Å²) in [6.07, 6.45) is -5.28. The summed E-state index contributed by atoms with van der Waals surface area (Å²) in [6, 6.07) is 4.57. The molecule has 0 spiro atoms. The zero-order chi connectivity index (χ0) is 13.1. The van der Waals surface area contributed by atoms with Crippen molar-refractivity contribution >= 4 is 5.97 Å². The van der Waals surface area contributed by atoms with E-state index in [0.717, 1.165) is 12.1 Å². The Bertz CT molecular complexity index is 404. The van der Waals surface area contributed by atoms with E-state index in [1.54, 1.807) is 0 Å². The highest BCUT2D eigenvalue weighted by Gasteiger charge is 2.31. The lowest BCUT2D eigenvalue weighted by Gasteiger charge is -2.16. The number of hydrogen-bond donors (Lipinski definition) is 1. The molecule has 1 atom stereocenters. The molecule has 0 amide bonds. The van der Waals surface area contributed by atoms with Gasteiger partial charge in [-0.3, -0.25) is 4.79 Å². The predicted octanol–water partition coefficient (Wildman–Crippen LogP) is 2.27. The lowest BCUT2D eigenvalue weighted by molar-refractivity contribution is -0.146. The minimum atomic E-state index is -4.43. The molecule has 1 aromatic carbocycles. The normalized spacial score (nSPS) is 13.2. The number of alkyl halides is 3. The van der Waals surface area contributed by atoms with Crippen molar-refractivity contribution in [3.05, 3.63) is 35.4 Å². The van der Waals surface area contributed by atoms with Gasteiger partial charge in [-0.25, -0.2) is 0 Å². The van der Waals surface area contributed by atoms with Crippen LogP contribution in [0.2, 0.25) is 0 Å². The molecule has 1 rings (SSSR count). The third-order valence-electron chi connectivity index (χ3n) is 2.11. The summed E-state index contributed by atoms with van der Waals surface area (Å²) in [6.45, 7) is 1.11. The second kappa shape index (κ2) is 5.18. The standard InChI is InChI=1S/C11H12F3NO2/c1-7(16)17-10(6-15)8-3-2-4-9(5-8)11(12,13)14/h2-5,10H,6,15H2,1H3. The molecule has 17 heavy (non-hydrogen) atoms. The van der Waals surface area contributed by atoms with Gasteiger partial charge in [-0.2, -0.15) is 13.2 Å². The molecule has 0 aliphatic rings. The molecule has 94 valence electrons. The molecular weight excluding hydrogens is 235 g/mol. The topological polar surface area (TPSA) is 52.3 Å². The van der Waals surface area contributed by atoms with Crippen LogP contribution in [0.5, 0.6) is 0 Å². The number of benzene rings is 1. The number of carbonyl (C=O) groups is 1. The number of carbonyl (C=O) groups excluding carboxylic acids is 1. The molecule has 0 fully saturated rings. The Balaban J connectivity index is 3.01. The van der Waals surface area contributed by atoms with Crippen LogP contribution in [0, 0.1) is 0 Å². The molecule has 6 heteroatoms. The fourth-order valence-electron chi connectivity index (χ4n) is 1.37. The molecule has 0 aromatic heterocycles. The second-order valence-electron chi connectivity index (χ2n) is 3.46. The van der Waals surface area contributed by atoms with Crippen molar-refractivity contribution in [3.63, 3.8) is 0 Å². The number of rotatable bonds is 3. The lowest BCUT2D eigenvalue weighted by Crippen LogP contribution is -2.18. The minimum Gasteiger partial charge on any atom is -0.456 e. The van der Waals surface area contributed by atoms with Crippen LogP contribution < -0.4 is 5.73 Å². The molecule has 3 nitrogen and oxygen atoms in total. The van der Waals surface area contributed by atoms with Crippen molar-refractivity contribution in [2.24, 2.45) is 5.73 Å². The first-order valence-corrected chi connectivity index (χ1v) is 4.89. The van der Waals surface area contributed by atoms with Crippen LogP contribution in [-0.4, -0.2) is 12.5 Å². The van der Waals surface area contributed by atoms with Gasteiger partial charge in [0.15, 0.2) is 0 Å². The van der Waals surface area contributed by atoms with Crippen LogP contribution in [0.15, 0.2) is 24.3 Å². The maximum Gasteiger partial charge on any atom is 0.416 e. The number of esters is 1. The molecule has 0 saturated heterocycles. The zero-order valence-corrected chi connectivity index (χ0v) is 9.12. The molecule has 0 heterocycles. The first-order chi connectivity index (χ1) is 7.84. The van der Waals surface area contributed by atoms with E-state index in [4.69, 9.17) is 10.5 Å². The van der Waals surface area contributed by atoms with Gasteiger partial charge in [-0.1, -0.05) is 12.1 Å². The monoisotopic (exact) mass is 247 g/mol. The molecule has 0 radical (unpaired) electrons. The van der Waals surface area contributed by atoms with Crippen molar-refractivity contribution in [3.8, 4) is 0 Å². The number of ether oxygens (including phenoxy) is 1. The third kappa shape index (κ3) is 3.74. The highest BCUT2D eigenvalue weighted by Crippen LogP contribution is 2.31. The average molecular weight is 247 g/mol.